The van der Waals surface area contributed by atoms with Crippen LogP contribution in [-0.2, 0) is 0 Å². The molecule has 0 spiro atoms. The van der Waals surface area contributed by atoms with Crippen LogP contribution in [0.15, 0.2) is 29.5 Å². The van der Waals surface area contributed by atoms with Gasteiger partial charge in [0.15, 0.2) is 0 Å². The van der Waals surface area contributed by atoms with Crippen LogP contribution in [0.2, 0.25) is 0 Å². The second-order valence-electron chi connectivity index (χ2n) is 6.38. The van der Waals surface area contributed by atoms with Gasteiger partial charge in [-0.15, -0.1) is 0 Å². The maximum Gasteiger partial charge on any atom is 0.341 e. The Kier molecular flexibility index (Phi) is 4.67. The summed E-state index contributed by atoms with van der Waals surface area (Å²) >= 11 is 1.04. The molecule has 4 rings (SSSR count). The molecule has 1 atom stereocenters. The van der Waals surface area contributed by atoms with Crippen LogP contribution in [0, 0.1) is 11.6 Å². The zero-order valence-corrected chi connectivity index (χ0v) is 15.2. The number of likely N-dealkylation sites (tertiary alicyclic amines) is 1. The number of aromatic nitrogens is 1. The number of nitrogens with two attached hydrogens (primary N) is 1. The van der Waals surface area contributed by atoms with Gasteiger partial charge >= 0.3 is 6.03 Å². The van der Waals surface area contributed by atoms with E-state index in [2.05, 4.69) is 10.1 Å². The van der Waals surface area contributed by atoms with E-state index in [9.17, 15) is 18.4 Å². The third-order valence-corrected chi connectivity index (χ3v) is 5.31. The zero-order chi connectivity index (χ0) is 19.8. The first-order chi connectivity index (χ1) is 13.4. The first kappa shape index (κ1) is 18.3. The molecule has 1 fully saturated rings. The Balaban J connectivity index is 1.37. The van der Waals surface area contributed by atoms with E-state index in [4.69, 9.17) is 10.5 Å². The predicted molar refractivity (Wildman–Crippen MR) is 96.1 cm³/mol. The number of rotatable bonds is 4. The molecule has 1 aromatic heterocycles. The first-order valence-electron chi connectivity index (χ1n) is 8.39. The Morgan fingerprint density at radius 3 is 2.57 bits per heavy atom. The summed E-state index contributed by atoms with van der Waals surface area (Å²) in [6.45, 7) is 0.612. The van der Waals surface area contributed by atoms with Crippen molar-refractivity contribution in [2.45, 2.75) is 18.6 Å². The predicted octanol–water partition coefficient (Wildman–Crippen LogP) is 2.14. The maximum atomic E-state index is 13.5. The number of benzene rings is 1. The monoisotopic (exact) mass is 407 g/mol. The first-order valence-corrected chi connectivity index (χ1v) is 9.21. The van der Waals surface area contributed by atoms with Crippen molar-refractivity contribution < 1.29 is 23.1 Å². The summed E-state index contributed by atoms with van der Waals surface area (Å²) in [4.78, 5) is 29.5. The van der Waals surface area contributed by atoms with E-state index >= 15 is 0 Å². The Labute approximate surface area is 162 Å². The van der Waals surface area contributed by atoms with Crippen molar-refractivity contribution in [1.29, 1.82) is 0 Å². The lowest BCUT2D eigenvalue weighted by molar-refractivity contribution is 0.0276. The van der Waals surface area contributed by atoms with Crippen LogP contribution < -0.4 is 10.5 Å². The summed E-state index contributed by atoms with van der Waals surface area (Å²) < 4.78 is 32.6. The molecule has 2 N–H and O–H groups in total. The Bertz CT molecular complexity index is 940. The number of hydrogen-bond donors (Lipinski definition) is 1. The number of hydrazone groups is 1. The number of halogens is 2. The van der Waals surface area contributed by atoms with Gasteiger partial charge in [0, 0.05) is 18.7 Å². The molecule has 28 heavy (non-hydrogen) atoms. The molecule has 2 aliphatic heterocycles. The topological polar surface area (TPSA) is 101 Å². The molecular formula is C17H15F2N5O3S. The molecule has 0 radical (unpaired) electrons. The van der Waals surface area contributed by atoms with Gasteiger partial charge in [-0.1, -0.05) is 11.3 Å². The van der Waals surface area contributed by atoms with E-state index in [1.165, 1.54) is 28.2 Å². The molecule has 11 heteroatoms. The number of nitrogens with zero attached hydrogens (tertiary/aromatic N) is 4. The summed E-state index contributed by atoms with van der Waals surface area (Å²) in [6, 6.07) is 2.24. The van der Waals surface area contributed by atoms with Crippen LogP contribution in [0.25, 0.3) is 0 Å². The number of thiazole rings is 1. The molecule has 0 aliphatic carbocycles. The van der Waals surface area contributed by atoms with Crippen LogP contribution in [0.4, 0.5) is 13.6 Å². The van der Waals surface area contributed by atoms with Crippen LogP contribution in [-0.4, -0.2) is 52.2 Å². The highest BCUT2D eigenvalue weighted by Gasteiger charge is 2.39. The van der Waals surface area contributed by atoms with Crippen LogP contribution in [0.3, 0.4) is 0 Å². The van der Waals surface area contributed by atoms with Crippen molar-refractivity contribution in [3.8, 4) is 5.19 Å². The minimum atomic E-state index is -0.703. The zero-order valence-electron chi connectivity index (χ0n) is 14.4. The third-order valence-electron chi connectivity index (χ3n) is 4.41. The summed E-state index contributed by atoms with van der Waals surface area (Å²) in [5.74, 6) is -1.99. The van der Waals surface area contributed by atoms with Crippen molar-refractivity contribution in [2.75, 3.05) is 13.1 Å². The molecule has 2 aliphatic rings. The van der Waals surface area contributed by atoms with Gasteiger partial charge in [-0.3, -0.25) is 4.79 Å². The highest BCUT2D eigenvalue weighted by atomic mass is 32.1. The molecule has 3 heterocycles. The van der Waals surface area contributed by atoms with E-state index < -0.39 is 23.6 Å². The minimum absolute atomic E-state index is 0.271. The van der Waals surface area contributed by atoms with Gasteiger partial charge in [-0.25, -0.2) is 23.6 Å². The summed E-state index contributed by atoms with van der Waals surface area (Å²) in [6.07, 6.45) is 2.98. The number of primary amides is 1. The molecule has 1 aromatic carbocycles. The fourth-order valence-electron chi connectivity index (χ4n) is 3.03. The van der Waals surface area contributed by atoms with E-state index in [-0.39, 0.29) is 12.1 Å². The van der Waals surface area contributed by atoms with E-state index in [0.717, 1.165) is 17.4 Å². The number of carbonyl (C=O) groups is 2. The van der Waals surface area contributed by atoms with Gasteiger partial charge in [0.2, 0.25) is 0 Å². The van der Waals surface area contributed by atoms with Gasteiger partial charge in [0.25, 0.3) is 11.1 Å². The molecule has 2 aromatic rings. The average Bonchev–Trinajstić information content (AvgIpc) is 3.25. The molecule has 8 nitrogen and oxygen atoms in total. The minimum Gasteiger partial charge on any atom is -0.463 e. The summed E-state index contributed by atoms with van der Waals surface area (Å²) in [5, 5.41) is 5.58. The van der Waals surface area contributed by atoms with E-state index in [0.29, 0.717) is 35.1 Å². The lowest BCUT2D eigenvalue weighted by Gasteiger charge is -2.40. The SMILES string of the molecule is NC(=O)c1cnc(OC2CN(C(=O)N3N=CC[C@H]3c3cc(F)cc(F)c3)C2)s1. The highest BCUT2D eigenvalue weighted by Crippen LogP contribution is 2.32. The van der Waals surface area contributed by atoms with Crippen LogP contribution in [0.1, 0.15) is 27.7 Å². The molecule has 0 bridgehead atoms. The molecular weight excluding hydrogens is 392 g/mol. The van der Waals surface area contributed by atoms with E-state index in [1.54, 1.807) is 6.21 Å². The van der Waals surface area contributed by atoms with Gasteiger partial charge < -0.3 is 15.4 Å². The molecule has 0 saturated carbocycles. The molecule has 1 saturated heterocycles. The van der Waals surface area contributed by atoms with Gasteiger partial charge in [0.05, 0.1) is 25.3 Å². The number of carbonyl (C=O) groups excluding carboxylic acids is 2. The van der Waals surface area contributed by atoms with Crippen molar-refractivity contribution in [1.82, 2.24) is 14.9 Å². The van der Waals surface area contributed by atoms with Crippen LogP contribution >= 0.6 is 11.3 Å². The smallest absolute Gasteiger partial charge is 0.341 e. The second kappa shape index (κ2) is 7.15. The average molecular weight is 407 g/mol. The summed E-state index contributed by atoms with van der Waals surface area (Å²) in [7, 11) is 0. The second-order valence-corrected chi connectivity index (χ2v) is 7.37. The number of ether oxygens (including phenoxy) is 1. The lowest BCUT2D eigenvalue weighted by atomic mass is 10.0. The van der Waals surface area contributed by atoms with Gasteiger partial charge in [-0.2, -0.15) is 5.10 Å². The molecule has 0 unspecified atom stereocenters. The van der Waals surface area contributed by atoms with Gasteiger partial charge in [-0.05, 0) is 17.7 Å². The Morgan fingerprint density at radius 1 is 1.21 bits per heavy atom. The Morgan fingerprint density at radius 2 is 1.93 bits per heavy atom. The number of urea groups is 1. The largest absolute Gasteiger partial charge is 0.463 e. The maximum absolute atomic E-state index is 13.5. The number of amides is 3. The third kappa shape index (κ3) is 3.52. The standard InChI is InChI=1S/C17H15F2N5O3S/c18-10-3-9(4-11(19)5-10)13-1-2-22-24(13)17(26)23-7-12(8-23)27-16-21-6-14(28-16)15(20)25/h2-6,12-13H,1,7-8H2,(H2,20,25)/t13-/m0/s1. The van der Waals surface area contributed by atoms with Gasteiger partial charge in [0.1, 0.15) is 22.6 Å². The fourth-order valence-corrected chi connectivity index (χ4v) is 3.71. The van der Waals surface area contributed by atoms with Crippen molar-refractivity contribution in [2.24, 2.45) is 10.8 Å². The highest BCUT2D eigenvalue weighted by molar-refractivity contribution is 7.15. The fraction of sp³-hybridized carbons (Fsp3) is 0.294. The van der Waals surface area contributed by atoms with Crippen LogP contribution in [0.5, 0.6) is 5.19 Å². The van der Waals surface area contributed by atoms with Crippen molar-refractivity contribution >= 4 is 29.5 Å². The van der Waals surface area contributed by atoms with E-state index in [1.807, 2.05) is 0 Å². The quantitative estimate of drug-likeness (QED) is 0.839. The molecule has 146 valence electrons. The lowest BCUT2D eigenvalue weighted by Crippen LogP contribution is -2.58. The van der Waals surface area contributed by atoms with Crippen molar-refractivity contribution in [3.63, 3.8) is 0 Å². The Hall–Kier alpha value is -3.08. The summed E-state index contributed by atoms with van der Waals surface area (Å²) in [5.41, 5.74) is 5.52. The molecule has 3 amide bonds. The van der Waals surface area contributed by atoms with Crippen molar-refractivity contribution in [3.05, 3.63) is 46.5 Å². The normalized spacial score (nSPS) is 19.0. The number of hydrogen-bond acceptors (Lipinski definition) is 6.